The number of hydrogen-bond donors (Lipinski definition) is 1. The molecule has 5 heteroatoms. The third-order valence-electron chi connectivity index (χ3n) is 1.86. The lowest BCUT2D eigenvalue weighted by atomic mass is 10.3. The lowest BCUT2D eigenvalue weighted by molar-refractivity contribution is 0.167. The Morgan fingerprint density at radius 2 is 2.14 bits per heavy atom. The van der Waals surface area contributed by atoms with Crippen LogP contribution in [0.3, 0.4) is 0 Å². The van der Waals surface area contributed by atoms with Crippen LogP contribution in [0.5, 0.6) is 0 Å². The van der Waals surface area contributed by atoms with E-state index >= 15 is 0 Å². The monoisotopic (exact) mass is 215 g/mol. The van der Waals surface area contributed by atoms with E-state index in [1.165, 1.54) is 0 Å². The van der Waals surface area contributed by atoms with E-state index < -0.39 is 0 Å². The third kappa shape index (κ3) is 3.32. The maximum absolute atomic E-state index is 5.05. The lowest BCUT2D eigenvalue weighted by Crippen LogP contribution is -2.32. The summed E-state index contributed by atoms with van der Waals surface area (Å²) >= 11 is 1.63. The van der Waals surface area contributed by atoms with E-state index in [0.29, 0.717) is 12.6 Å². The van der Waals surface area contributed by atoms with Crippen molar-refractivity contribution in [2.45, 2.75) is 32.9 Å². The van der Waals surface area contributed by atoms with Crippen molar-refractivity contribution in [2.75, 3.05) is 13.7 Å². The molecule has 1 N–H and O–H groups in total. The largest absolute Gasteiger partial charge is 0.383 e. The first-order valence-electron chi connectivity index (χ1n) is 4.68. The molecule has 0 radical (unpaired) electrons. The van der Waals surface area contributed by atoms with Crippen LogP contribution in [-0.4, -0.2) is 30.0 Å². The van der Waals surface area contributed by atoms with E-state index in [4.69, 9.17) is 4.74 Å². The highest BCUT2D eigenvalue weighted by Gasteiger charge is 2.12. The van der Waals surface area contributed by atoms with E-state index in [1.807, 2.05) is 6.92 Å². The molecule has 4 nitrogen and oxygen atoms in total. The van der Waals surface area contributed by atoms with Gasteiger partial charge < -0.3 is 10.1 Å². The quantitative estimate of drug-likeness (QED) is 0.809. The zero-order valence-electron chi connectivity index (χ0n) is 9.07. The fraction of sp³-hybridized carbons (Fsp3) is 0.778. The van der Waals surface area contributed by atoms with Crippen molar-refractivity contribution in [3.8, 4) is 0 Å². The summed E-state index contributed by atoms with van der Waals surface area (Å²) in [7, 11) is 1.71. The molecule has 0 bridgehead atoms. The Morgan fingerprint density at radius 3 is 2.64 bits per heavy atom. The molecular formula is C9H17N3OS. The maximum Gasteiger partial charge on any atom is 0.134 e. The first-order valence-corrected chi connectivity index (χ1v) is 5.50. The predicted octanol–water partition coefficient (Wildman–Crippen LogP) is 1.53. The molecule has 0 spiro atoms. The molecule has 2 unspecified atom stereocenters. The Hall–Kier alpha value is -0.520. The summed E-state index contributed by atoms with van der Waals surface area (Å²) in [4.78, 5) is 0. The van der Waals surface area contributed by atoms with Gasteiger partial charge in [0.25, 0.3) is 0 Å². The van der Waals surface area contributed by atoms with Gasteiger partial charge in [-0.2, -0.15) is 0 Å². The zero-order valence-corrected chi connectivity index (χ0v) is 9.89. The van der Waals surface area contributed by atoms with E-state index in [1.54, 1.807) is 18.4 Å². The number of aromatic nitrogens is 2. The van der Waals surface area contributed by atoms with Gasteiger partial charge in [-0.1, -0.05) is 0 Å². The predicted molar refractivity (Wildman–Crippen MR) is 57.5 cm³/mol. The highest BCUT2D eigenvalue weighted by Crippen LogP contribution is 2.17. The Morgan fingerprint density at radius 1 is 1.43 bits per heavy atom. The van der Waals surface area contributed by atoms with Gasteiger partial charge in [-0.3, -0.25) is 0 Å². The van der Waals surface area contributed by atoms with Crippen LogP contribution in [0.25, 0.3) is 0 Å². The first kappa shape index (κ1) is 11.6. The third-order valence-corrected chi connectivity index (χ3v) is 2.88. The Balaban J connectivity index is 2.45. The summed E-state index contributed by atoms with van der Waals surface area (Å²) in [5, 5.41) is 13.5. The minimum Gasteiger partial charge on any atom is -0.383 e. The molecular weight excluding hydrogens is 198 g/mol. The number of ether oxygens (including phenoxy) is 1. The highest BCUT2D eigenvalue weighted by molar-refractivity contribution is 7.11. The average molecular weight is 215 g/mol. The van der Waals surface area contributed by atoms with Crippen LogP contribution in [0.2, 0.25) is 0 Å². The molecule has 1 heterocycles. The minimum atomic E-state index is 0.242. The van der Waals surface area contributed by atoms with Crippen molar-refractivity contribution in [2.24, 2.45) is 0 Å². The number of rotatable bonds is 5. The van der Waals surface area contributed by atoms with Crippen LogP contribution in [0.4, 0.5) is 0 Å². The number of nitrogens with one attached hydrogen (secondary N) is 1. The van der Waals surface area contributed by atoms with Gasteiger partial charge in [0, 0.05) is 13.2 Å². The Labute approximate surface area is 88.7 Å². The molecule has 0 aromatic carbocycles. The first-order chi connectivity index (χ1) is 6.63. The topological polar surface area (TPSA) is 47.0 Å². The molecule has 0 aliphatic carbocycles. The molecule has 1 rings (SSSR count). The molecule has 0 saturated heterocycles. The molecule has 2 atom stereocenters. The second-order valence-electron chi connectivity index (χ2n) is 3.40. The van der Waals surface area contributed by atoms with Gasteiger partial charge in [0.2, 0.25) is 0 Å². The number of methoxy groups -OCH3 is 1. The van der Waals surface area contributed by atoms with Gasteiger partial charge in [-0.05, 0) is 20.8 Å². The molecule has 1 aromatic heterocycles. The van der Waals surface area contributed by atoms with Gasteiger partial charge in [-0.15, -0.1) is 21.5 Å². The molecule has 80 valence electrons. The SMILES string of the molecule is COCC(C)NC(C)c1nnc(C)s1. The molecule has 1 aromatic rings. The maximum atomic E-state index is 5.05. The molecule has 0 amide bonds. The summed E-state index contributed by atoms with van der Waals surface area (Å²) in [6, 6.07) is 0.575. The van der Waals surface area contributed by atoms with Crippen LogP contribution in [0.1, 0.15) is 29.9 Å². The summed E-state index contributed by atoms with van der Waals surface area (Å²) in [6.45, 7) is 6.86. The Bertz CT molecular complexity index is 277. The van der Waals surface area contributed by atoms with Crippen molar-refractivity contribution in [1.82, 2.24) is 15.5 Å². The van der Waals surface area contributed by atoms with E-state index in [2.05, 4.69) is 29.4 Å². The van der Waals surface area contributed by atoms with Crippen molar-refractivity contribution >= 4 is 11.3 Å². The molecule has 0 aliphatic rings. The second kappa shape index (κ2) is 5.38. The fourth-order valence-electron chi connectivity index (χ4n) is 1.28. The van der Waals surface area contributed by atoms with Gasteiger partial charge in [0.1, 0.15) is 10.0 Å². The van der Waals surface area contributed by atoms with Gasteiger partial charge in [0.15, 0.2) is 0 Å². The number of aryl methyl sites for hydroxylation is 1. The summed E-state index contributed by atoms with van der Waals surface area (Å²) in [6.07, 6.45) is 0. The molecule has 0 fully saturated rings. The molecule has 14 heavy (non-hydrogen) atoms. The summed E-state index contributed by atoms with van der Waals surface area (Å²) in [5.74, 6) is 0. The van der Waals surface area contributed by atoms with Gasteiger partial charge >= 0.3 is 0 Å². The highest BCUT2D eigenvalue weighted by atomic mass is 32.1. The average Bonchev–Trinajstić information content (AvgIpc) is 2.52. The van der Waals surface area contributed by atoms with Crippen LogP contribution >= 0.6 is 11.3 Å². The Kier molecular flexibility index (Phi) is 4.44. The van der Waals surface area contributed by atoms with Crippen LogP contribution in [-0.2, 0) is 4.74 Å². The van der Waals surface area contributed by atoms with E-state index in [9.17, 15) is 0 Å². The van der Waals surface area contributed by atoms with Crippen molar-refractivity contribution < 1.29 is 4.74 Å². The molecule has 0 aliphatic heterocycles. The van der Waals surface area contributed by atoms with Crippen molar-refractivity contribution in [1.29, 1.82) is 0 Å². The van der Waals surface area contributed by atoms with Gasteiger partial charge in [0.05, 0.1) is 12.6 Å². The van der Waals surface area contributed by atoms with Crippen molar-refractivity contribution in [3.05, 3.63) is 10.0 Å². The van der Waals surface area contributed by atoms with Crippen LogP contribution in [0, 0.1) is 6.92 Å². The number of nitrogens with zero attached hydrogens (tertiary/aromatic N) is 2. The summed E-state index contributed by atoms with van der Waals surface area (Å²) in [5.41, 5.74) is 0. The zero-order chi connectivity index (χ0) is 10.6. The normalized spacial score (nSPS) is 15.4. The standard InChI is InChI=1S/C9H17N3OS/c1-6(5-13-4)10-7(2)9-12-11-8(3)14-9/h6-7,10H,5H2,1-4H3. The minimum absolute atomic E-state index is 0.242. The smallest absolute Gasteiger partial charge is 0.134 e. The van der Waals surface area contributed by atoms with E-state index in [0.717, 1.165) is 10.0 Å². The molecule has 0 saturated carbocycles. The second-order valence-corrected chi connectivity index (χ2v) is 4.62. The van der Waals surface area contributed by atoms with E-state index in [-0.39, 0.29) is 6.04 Å². The fourth-order valence-corrected chi connectivity index (χ4v) is 1.99. The lowest BCUT2D eigenvalue weighted by Gasteiger charge is -2.16. The van der Waals surface area contributed by atoms with Crippen LogP contribution < -0.4 is 5.32 Å². The van der Waals surface area contributed by atoms with Gasteiger partial charge in [-0.25, -0.2) is 0 Å². The van der Waals surface area contributed by atoms with Crippen LogP contribution in [0.15, 0.2) is 0 Å². The summed E-state index contributed by atoms with van der Waals surface area (Å²) < 4.78 is 5.05. The van der Waals surface area contributed by atoms with Crippen molar-refractivity contribution in [3.63, 3.8) is 0 Å². The number of hydrogen-bond acceptors (Lipinski definition) is 5.